The van der Waals surface area contributed by atoms with Crippen LogP contribution in [0.1, 0.15) is 39.5 Å². The minimum atomic E-state index is 0.0778. The number of benzene rings is 1. The predicted molar refractivity (Wildman–Crippen MR) is 113 cm³/mol. The van der Waals surface area contributed by atoms with Crippen molar-refractivity contribution in [2.75, 3.05) is 31.5 Å². The molecule has 2 amide bonds. The quantitative estimate of drug-likeness (QED) is 0.734. The van der Waals surface area contributed by atoms with Crippen LogP contribution in [0.2, 0.25) is 0 Å². The summed E-state index contributed by atoms with van der Waals surface area (Å²) < 4.78 is 1.97. The van der Waals surface area contributed by atoms with E-state index in [9.17, 15) is 9.59 Å². The Balaban J connectivity index is 1.58. The topological polar surface area (TPSA) is 66.4 Å². The van der Waals surface area contributed by atoms with Crippen molar-refractivity contribution in [3.05, 3.63) is 30.5 Å². The lowest BCUT2D eigenvalue weighted by Crippen LogP contribution is -2.33. The third-order valence-electron chi connectivity index (χ3n) is 5.71. The van der Waals surface area contributed by atoms with Crippen LogP contribution in [0.4, 0.5) is 5.69 Å². The van der Waals surface area contributed by atoms with Gasteiger partial charge < -0.3 is 20.1 Å². The summed E-state index contributed by atoms with van der Waals surface area (Å²) in [7, 11) is 0. The molecule has 0 saturated carbocycles. The Hall–Kier alpha value is -2.34. The molecule has 152 valence electrons. The lowest BCUT2D eigenvalue weighted by atomic mass is 9.93. The van der Waals surface area contributed by atoms with E-state index >= 15 is 0 Å². The van der Waals surface area contributed by atoms with Crippen molar-refractivity contribution in [1.29, 1.82) is 0 Å². The largest absolute Gasteiger partial charge is 0.342 e. The molecule has 0 spiro atoms. The van der Waals surface area contributed by atoms with Crippen LogP contribution in [0.15, 0.2) is 30.5 Å². The number of carbonyl (C=O) groups excluding carboxylic acids is 2. The number of aromatic nitrogens is 1. The molecule has 1 aliphatic rings. The van der Waals surface area contributed by atoms with Crippen molar-refractivity contribution in [1.82, 2.24) is 14.8 Å². The number of piperidine rings is 1. The summed E-state index contributed by atoms with van der Waals surface area (Å²) in [5, 5.41) is 7.41. The van der Waals surface area contributed by atoms with Gasteiger partial charge in [0.15, 0.2) is 0 Å². The van der Waals surface area contributed by atoms with Gasteiger partial charge in [-0.3, -0.25) is 9.59 Å². The molecule has 28 heavy (non-hydrogen) atoms. The minimum Gasteiger partial charge on any atom is -0.342 e. The highest BCUT2D eigenvalue weighted by Gasteiger charge is 2.15. The summed E-state index contributed by atoms with van der Waals surface area (Å²) in [6.45, 7) is 7.91. The maximum absolute atomic E-state index is 12.4. The van der Waals surface area contributed by atoms with E-state index < -0.39 is 0 Å². The van der Waals surface area contributed by atoms with Gasteiger partial charge in [-0.2, -0.15) is 0 Å². The molecule has 0 aliphatic carbocycles. The summed E-state index contributed by atoms with van der Waals surface area (Å²) in [6.07, 6.45) is 5.80. The molecule has 0 atom stereocenters. The highest BCUT2D eigenvalue weighted by molar-refractivity contribution is 5.94. The van der Waals surface area contributed by atoms with E-state index in [1.54, 1.807) is 0 Å². The summed E-state index contributed by atoms with van der Waals surface area (Å²) in [5.41, 5.74) is 1.82. The van der Waals surface area contributed by atoms with Crippen LogP contribution in [0.3, 0.4) is 0 Å². The van der Waals surface area contributed by atoms with Crippen molar-refractivity contribution >= 4 is 28.4 Å². The first-order chi connectivity index (χ1) is 13.6. The Labute approximate surface area is 167 Å². The Bertz CT molecular complexity index is 804. The standard InChI is InChI=1S/C22H32N4O2/c1-3-25(4-2)22(28)16-26-14-11-18-15-19(6-7-20(18)26)24-21(27)8-5-17-9-12-23-13-10-17/h6-7,11,14-15,17,23H,3-5,8-10,12-13,16H2,1-2H3,(H,24,27). The zero-order valence-corrected chi connectivity index (χ0v) is 17.0. The number of nitrogens with zero attached hydrogens (tertiary/aromatic N) is 2. The Morgan fingerprint density at radius 3 is 2.64 bits per heavy atom. The SMILES string of the molecule is CCN(CC)C(=O)Cn1ccc2cc(NC(=O)CCC3CCNCC3)ccc21. The van der Waals surface area contributed by atoms with Gasteiger partial charge in [-0.05, 0) is 76.4 Å². The van der Waals surface area contributed by atoms with Gasteiger partial charge in [-0.1, -0.05) is 0 Å². The van der Waals surface area contributed by atoms with E-state index in [4.69, 9.17) is 0 Å². The van der Waals surface area contributed by atoms with Crippen LogP contribution < -0.4 is 10.6 Å². The summed E-state index contributed by atoms with van der Waals surface area (Å²) in [5.74, 6) is 0.860. The Kier molecular flexibility index (Phi) is 7.09. The van der Waals surface area contributed by atoms with Crippen molar-refractivity contribution < 1.29 is 9.59 Å². The van der Waals surface area contributed by atoms with Crippen LogP contribution in [-0.4, -0.2) is 47.5 Å². The Morgan fingerprint density at radius 1 is 1.18 bits per heavy atom. The number of fused-ring (bicyclic) bond motifs is 1. The van der Waals surface area contributed by atoms with Crippen molar-refractivity contribution in [3.63, 3.8) is 0 Å². The molecule has 1 aromatic heterocycles. The van der Waals surface area contributed by atoms with E-state index in [0.717, 1.165) is 49.2 Å². The lowest BCUT2D eigenvalue weighted by Gasteiger charge is -2.22. The molecule has 0 radical (unpaired) electrons. The summed E-state index contributed by atoms with van der Waals surface area (Å²) in [6, 6.07) is 7.88. The fourth-order valence-corrected chi connectivity index (χ4v) is 3.97. The highest BCUT2D eigenvalue weighted by atomic mass is 16.2. The second kappa shape index (κ2) is 9.73. The lowest BCUT2D eigenvalue weighted by molar-refractivity contribution is -0.131. The number of amides is 2. The van der Waals surface area contributed by atoms with Crippen molar-refractivity contribution in [3.8, 4) is 0 Å². The van der Waals surface area contributed by atoms with Gasteiger partial charge in [0.05, 0.1) is 0 Å². The normalized spacial score (nSPS) is 14.9. The maximum Gasteiger partial charge on any atom is 0.242 e. The monoisotopic (exact) mass is 384 g/mol. The van der Waals surface area contributed by atoms with E-state index in [-0.39, 0.29) is 11.8 Å². The number of anilines is 1. The number of carbonyl (C=O) groups is 2. The molecule has 6 heteroatoms. The summed E-state index contributed by atoms with van der Waals surface area (Å²) >= 11 is 0. The number of hydrogen-bond donors (Lipinski definition) is 2. The number of rotatable bonds is 8. The van der Waals surface area contributed by atoms with Gasteiger partial charge in [-0.15, -0.1) is 0 Å². The molecule has 6 nitrogen and oxygen atoms in total. The van der Waals surface area contributed by atoms with Crippen LogP contribution in [-0.2, 0) is 16.1 Å². The first-order valence-corrected chi connectivity index (χ1v) is 10.5. The van der Waals surface area contributed by atoms with Gasteiger partial charge in [-0.25, -0.2) is 0 Å². The third kappa shape index (κ3) is 5.13. The van der Waals surface area contributed by atoms with Gasteiger partial charge in [0.2, 0.25) is 11.8 Å². The second-order valence-corrected chi connectivity index (χ2v) is 7.56. The Morgan fingerprint density at radius 2 is 1.93 bits per heavy atom. The molecule has 2 aromatic rings. The van der Waals surface area contributed by atoms with Crippen molar-refractivity contribution in [2.45, 2.75) is 46.1 Å². The highest BCUT2D eigenvalue weighted by Crippen LogP contribution is 2.22. The first-order valence-electron chi connectivity index (χ1n) is 10.5. The molecule has 1 saturated heterocycles. The fraction of sp³-hybridized carbons (Fsp3) is 0.545. The molecule has 3 rings (SSSR count). The van der Waals surface area contributed by atoms with E-state index in [0.29, 0.717) is 18.9 Å². The maximum atomic E-state index is 12.4. The van der Waals surface area contributed by atoms with Gasteiger partial charge in [0, 0.05) is 42.3 Å². The molecule has 1 aromatic carbocycles. The van der Waals surface area contributed by atoms with Crippen LogP contribution in [0.5, 0.6) is 0 Å². The molecule has 2 N–H and O–H groups in total. The van der Waals surface area contributed by atoms with E-state index in [1.807, 2.05) is 53.8 Å². The first kappa shape index (κ1) is 20.4. The van der Waals surface area contributed by atoms with Gasteiger partial charge >= 0.3 is 0 Å². The number of likely N-dealkylation sites (N-methyl/N-ethyl adjacent to an activating group) is 1. The molecular formula is C22H32N4O2. The second-order valence-electron chi connectivity index (χ2n) is 7.56. The summed E-state index contributed by atoms with van der Waals surface area (Å²) in [4.78, 5) is 26.5. The molecule has 1 fully saturated rings. The minimum absolute atomic E-state index is 0.0778. The third-order valence-corrected chi connectivity index (χ3v) is 5.71. The average Bonchev–Trinajstić information content (AvgIpc) is 3.10. The average molecular weight is 385 g/mol. The van der Waals surface area contributed by atoms with E-state index in [2.05, 4.69) is 10.6 Å². The zero-order valence-electron chi connectivity index (χ0n) is 17.0. The molecule has 0 unspecified atom stereocenters. The molecule has 1 aliphatic heterocycles. The predicted octanol–water partition coefficient (Wildman–Crippen LogP) is 3.23. The molecule has 2 heterocycles. The zero-order chi connectivity index (χ0) is 19.9. The van der Waals surface area contributed by atoms with Crippen LogP contribution >= 0.6 is 0 Å². The van der Waals surface area contributed by atoms with Gasteiger partial charge in [0.25, 0.3) is 0 Å². The van der Waals surface area contributed by atoms with Crippen molar-refractivity contribution in [2.24, 2.45) is 5.92 Å². The molecular weight excluding hydrogens is 352 g/mol. The molecule has 0 bridgehead atoms. The van der Waals surface area contributed by atoms with Crippen LogP contribution in [0, 0.1) is 5.92 Å². The number of nitrogens with one attached hydrogen (secondary N) is 2. The van der Waals surface area contributed by atoms with E-state index in [1.165, 1.54) is 12.8 Å². The fourth-order valence-electron chi connectivity index (χ4n) is 3.97. The van der Waals surface area contributed by atoms with Crippen LogP contribution in [0.25, 0.3) is 10.9 Å². The van der Waals surface area contributed by atoms with Gasteiger partial charge in [0.1, 0.15) is 6.54 Å². The number of hydrogen-bond acceptors (Lipinski definition) is 3. The smallest absolute Gasteiger partial charge is 0.242 e.